The summed E-state index contributed by atoms with van der Waals surface area (Å²) in [5.41, 5.74) is 6.07. The maximum absolute atomic E-state index is 12.2. The van der Waals surface area contributed by atoms with Gasteiger partial charge in [0.25, 0.3) is 11.8 Å². The molecule has 0 aliphatic rings. The van der Waals surface area contributed by atoms with Crippen LogP contribution in [0.5, 0.6) is 11.5 Å². The molecule has 0 atom stereocenters. The number of nitrogens with one attached hydrogen (secondary N) is 2. The highest BCUT2D eigenvalue weighted by molar-refractivity contribution is 5.97. The molecule has 0 bridgehead atoms. The van der Waals surface area contributed by atoms with Crippen molar-refractivity contribution < 1.29 is 19.1 Å². The average molecular weight is 342 g/mol. The summed E-state index contributed by atoms with van der Waals surface area (Å²) in [4.78, 5) is 24.1. The zero-order valence-corrected chi connectivity index (χ0v) is 14.4. The van der Waals surface area contributed by atoms with Gasteiger partial charge in [-0.05, 0) is 37.1 Å². The van der Waals surface area contributed by atoms with Gasteiger partial charge in [0.1, 0.15) is 11.5 Å². The Morgan fingerprint density at radius 3 is 2.28 bits per heavy atom. The first-order valence-corrected chi connectivity index (χ1v) is 8.17. The quantitative estimate of drug-likeness (QED) is 0.758. The predicted octanol–water partition coefficient (Wildman–Crippen LogP) is 2.49. The van der Waals surface area contributed by atoms with Crippen molar-refractivity contribution in [1.82, 2.24) is 10.9 Å². The molecule has 0 spiro atoms. The van der Waals surface area contributed by atoms with Crippen molar-refractivity contribution in [3.63, 3.8) is 0 Å². The fourth-order valence-electron chi connectivity index (χ4n) is 2.25. The molecule has 0 unspecified atom stereocenters. The number of carbonyl (C=O) groups is 2. The van der Waals surface area contributed by atoms with E-state index in [-0.39, 0.29) is 6.61 Å². The highest BCUT2D eigenvalue weighted by Gasteiger charge is 2.13. The van der Waals surface area contributed by atoms with E-state index < -0.39 is 11.8 Å². The molecule has 2 aromatic rings. The number of ether oxygens (including phenoxy) is 2. The van der Waals surface area contributed by atoms with Gasteiger partial charge in [-0.1, -0.05) is 37.3 Å². The number of aryl methyl sites for hydroxylation is 1. The van der Waals surface area contributed by atoms with Gasteiger partial charge >= 0.3 is 0 Å². The van der Waals surface area contributed by atoms with Crippen LogP contribution in [-0.4, -0.2) is 25.0 Å². The molecule has 0 aliphatic heterocycles. The number of para-hydroxylation sites is 2. The lowest BCUT2D eigenvalue weighted by molar-refractivity contribution is -0.123. The first-order chi connectivity index (χ1) is 12.2. The third-order valence-electron chi connectivity index (χ3n) is 3.46. The summed E-state index contributed by atoms with van der Waals surface area (Å²) in [5, 5.41) is 0. The molecule has 2 amide bonds. The van der Waals surface area contributed by atoms with Gasteiger partial charge in [-0.15, -0.1) is 0 Å². The van der Waals surface area contributed by atoms with Crippen molar-refractivity contribution in [2.24, 2.45) is 0 Å². The lowest BCUT2D eigenvalue weighted by Crippen LogP contribution is -2.44. The van der Waals surface area contributed by atoms with Gasteiger partial charge in [0, 0.05) is 0 Å². The fourth-order valence-corrected chi connectivity index (χ4v) is 2.25. The third kappa shape index (κ3) is 5.24. The molecule has 2 rings (SSSR count). The molecule has 0 saturated heterocycles. The summed E-state index contributed by atoms with van der Waals surface area (Å²) in [6.45, 7) is 4.10. The van der Waals surface area contributed by atoms with Gasteiger partial charge < -0.3 is 9.47 Å². The van der Waals surface area contributed by atoms with E-state index in [4.69, 9.17) is 9.47 Å². The Balaban J connectivity index is 1.86. The van der Waals surface area contributed by atoms with Gasteiger partial charge in [-0.3, -0.25) is 20.4 Å². The first kappa shape index (κ1) is 18.3. The molecule has 2 aromatic carbocycles. The minimum Gasteiger partial charge on any atom is -0.493 e. The molecular formula is C19H22N2O4. The number of carbonyl (C=O) groups excluding carboxylic acids is 2. The van der Waals surface area contributed by atoms with Crippen LogP contribution >= 0.6 is 0 Å². The highest BCUT2D eigenvalue weighted by atomic mass is 16.5. The summed E-state index contributed by atoms with van der Waals surface area (Å²) in [7, 11) is 0. The van der Waals surface area contributed by atoms with Gasteiger partial charge in [0.2, 0.25) is 0 Å². The molecule has 0 fully saturated rings. The second-order valence-corrected chi connectivity index (χ2v) is 5.18. The SMILES string of the molecule is CCOc1ccccc1C(=O)NNC(=O)COc1ccccc1CC. The van der Waals surface area contributed by atoms with Crippen molar-refractivity contribution in [3.8, 4) is 11.5 Å². The molecule has 0 aromatic heterocycles. The Morgan fingerprint density at radius 2 is 1.56 bits per heavy atom. The Kier molecular flexibility index (Phi) is 6.83. The van der Waals surface area contributed by atoms with Crippen molar-refractivity contribution in [3.05, 3.63) is 59.7 Å². The third-order valence-corrected chi connectivity index (χ3v) is 3.46. The van der Waals surface area contributed by atoms with Crippen LogP contribution in [0, 0.1) is 0 Å². The van der Waals surface area contributed by atoms with Gasteiger partial charge in [-0.2, -0.15) is 0 Å². The maximum atomic E-state index is 12.2. The number of hydrogen-bond acceptors (Lipinski definition) is 4. The van der Waals surface area contributed by atoms with Crippen molar-refractivity contribution in [2.45, 2.75) is 20.3 Å². The second kappa shape index (κ2) is 9.32. The van der Waals surface area contributed by atoms with E-state index in [1.165, 1.54) is 0 Å². The summed E-state index contributed by atoms with van der Waals surface area (Å²) >= 11 is 0. The summed E-state index contributed by atoms with van der Waals surface area (Å²) in [6.07, 6.45) is 0.808. The van der Waals surface area contributed by atoms with Gasteiger partial charge in [0.05, 0.1) is 12.2 Å². The minimum atomic E-state index is -0.452. The van der Waals surface area contributed by atoms with Crippen LogP contribution in [0.1, 0.15) is 29.8 Å². The van der Waals surface area contributed by atoms with Crippen LogP contribution < -0.4 is 20.3 Å². The molecular weight excluding hydrogens is 320 g/mol. The number of rotatable bonds is 7. The van der Waals surface area contributed by atoms with Crippen molar-refractivity contribution in [2.75, 3.05) is 13.2 Å². The number of hydrazine groups is 1. The zero-order chi connectivity index (χ0) is 18.1. The molecule has 0 radical (unpaired) electrons. The largest absolute Gasteiger partial charge is 0.493 e. The average Bonchev–Trinajstić information content (AvgIpc) is 2.65. The molecule has 2 N–H and O–H groups in total. The zero-order valence-electron chi connectivity index (χ0n) is 14.4. The maximum Gasteiger partial charge on any atom is 0.276 e. The minimum absolute atomic E-state index is 0.190. The van der Waals surface area contributed by atoms with E-state index in [9.17, 15) is 9.59 Å². The van der Waals surface area contributed by atoms with Crippen molar-refractivity contribution in [1.29, 1.82) is 0 Å². The number of benzene rings is 2. The second-order valence-electron chi connectivity index (χ2n) is 5.18. The van der Waals surface area contributed by atoms with E-state index in [2.05, 4.69) is 10.9 Å². The summed E-state index contributed by atoms with van der Waals surface area (Å²) in [6, 6.07) is 14.3. The lowest BCUT2D eigenvalue weighted by atomic mass is 10.1. The topological polar surface area (TPSA) is 76.7 Å². The van der Waals surface area contributed by atoms with Crippen molar-refractivity contribution >= 4 is 11.8 Å². The van der Waals surface area contributed by atoms with Crippen LogP contribution in [0.4, 0.5) is 0 Å². The fraction of sp³-hybridized carbons (Fsp3) is 0.263. The Morgan fingerprint density at radius 1 is 0.880 bits per heavy atom. The van der Waals surface area contributed by atoms with Crippen LogP contribution in [0.2, 0.25) is 0 Å². The van der Waals surface area contributed by atoms with Crippen LogP contribution in [0.15, 0.2) is 48.5 Å². The monoisotopic (exact) mass is 342 g/mol. The molecule has 6 heteroatoms. The number of amides is 2. The van der Waals surface area contributed by atoms with E-state index in [0.717, 1.165) is 12.0 Å². The molecule has 0 aliphatic carbocycles. The van der Waals surface area contributed by atoms with E-state index >= 15 is 0 Å². The standard InChI is InChI=1S/C19H22N2O4/c1-3-14-9-5-7-11-16(14)25-13-18(22)20-21-19(23)15-10-6-8-12-17(15)24-4-2/h5-12H,3-4,13H2,1-2H3,(H,20,22)(H,21,23). The number of hydrogen-bond donors (Lipinski definition) is 2. The summed E-state index contributed by atoms with van der Waals surface area (Å²) in [5.74, 6) is 0.220. The molecule has 132 valence electrons. The van der Waals surface area contributed by atoms with E-state index in [0.29, 0.717) is 23.7 Å². The van der Waals surface area contributed by atoms with E-state index in [1.807, 2.05) is 38.1 Å². The first-order valence-electron chi connectivity index (χ1n) is 8.17. The van der Waals surface area contributed by atoms with Crippen LogP contribution in [-0.2, 0) is 11.2 Å². The summed E-state index contributed by atoms with van der Waals surface area (Å²) < 4.78 is 10.9. The molecule has 6 nitrogen and oxygen atoms in total. The van der Waals surface area contributed by atoms with Gasteiger partial charge in [0.15, 0.2) is 6.61 Å². The molecule has 0 heterocycles. The normalized spacial score (nSPS) is 10.0. The van der Waals surface area contributed by atoms with Crippen LogP contribution in [0.3, 0.4) is 0 Å². The lowest BCUT2D eigenvalue weighted by Gasteiger charge is -2.12. The van der Waals surface area contributed by atoms with E-state index in [1.54, 1.807) is 24.3 Å². The van der Waals surface area contributed by atoms with Gasteiger partial charge in [-0.25, -0.2) is 0 Å². The Hall–Kier alpha value is -3.02. The highest BCUT2D eigenvalue weighted by Crippen LogP contribution is 2.18. The smallest absolute Gasteiger partial charge is 0.276 e. The Bertz CT molecular complexity index is 731. The van der Waals surface area contributed by atoms with Crippen LogP contribution in [0.25, 0.3) is 0 Å². The molecule has 0 saturated carbocycles. The Labute approximate surface area is 147 Å². The predicted molar refractivity (Wildman–Crippen MR) is 94.5 cm³/mol. The molecule has 25 heavy (non-hydrogen) atoms.